The largest absolute Gasteiger partial charge is 0.393 e. The Bertz CT molecular complexity index is 495. The van der Waals surface area contributed by atoms with E-state index >= 15 is 0 Å². The molecule has 2 saturated heterocycles. The van der Waals surface area contributed by atoms with Gasteiger partial charge in [-0.2, -0.15) is 11.8 Å². The Kier molecular flexibility index (Phi) is 6.25. The van der Waals surface area contributed by atoms with Gasteiger partial charge in [-0.15, -0.1) is 0 Å². The Morgan fingerprint density at radius 2 is 1.84 bits per heavy atom. The van der Waals surface area contributed by atoms with E-state index in [1.54, 1.807) is 21.6 Å². The van der Waals surface area contributed by atoms with Gasteiger partial charge in [0.2, 0.25) is 11.8 Å². The Hall–Kier alpha value is -0.830. The van der Waals surface area contributed by atoms with Crippen LogP contribution in [0.15, 0.2) is 0 Å². The van der Waals surface area contributed by atoms with E-state index in [0.29, 0.717) is 44.6 Å². The average molecular weight is 372 g/mol. The molecule has 8 heteroatoms. The van der Waals surface area contributed by atoms with Crippen molar-refractivity contribution in [1.82, 2.24) is 9.80 Å². The number of thioether (sulfide) groups is 1. The van der Waals surface area contributed by atoms with Crippen molar-refractivity contribution in [2.24, 2.45) is 17.8 Å². The van der Waals surface area contributed by atoms with Gasteiger partial charge in [-0.1, -0.05) is 0 Å². The van der Waals surface area contributed by atoms with E-state index in [1.165, 1.54) is 0 Å². The van der Waals surface area contributed by atoms with Crippen molar-refractivity contribution in [3.63, 3.8) is 0 Å². The van der Waals surface area contributed by atoms with Gasteiger partial charge >= 0.3 is 0 Å². The summed E-state index contributed by atoms with van der Waals surface area (Å²) in [6.07, 6.45) is 1.23. The molecule has 1 aliphatic carbocycles. The van der Waals surface area contributed by atoms with Crippen molar-refractivity contribution in [1.29, 1.82) is 0 Å². The topological polar surface area (TPSA) is 90.3 Å². The van der Waals surface area contributed by atoms with Gasteiger partial charge in [0.25, 0.3) is 0 Å². The van der Waals surface area contributed by atoms with Crippen molar-refractivity contribution in [3.8, 4) is 0 Å². The molecule has 0 bridgehead atoms. The fourth-order valence-electron chi connectivity index (χ4n) is 3.92. The first-order chi connectivity index (χ1) is 12.0. The van der Waals surface area contributed by atoms with E-state index in [2.05, 4.69) is 0 Å². The second kappa shape index (κ2) is 8.24. The fourth-order valence-corrected chi connectivity index (χ4v) is 4.43. The molecule has 25 heavy (non-hydrogen) atoms. The van der Waals surface area contributed by atoms with Gasteiger partial charge in [0.1, 0.15) is 0 Å². The molecule has 3 aliphatic rings. The number of aliphatic hydroxyl groups excluding tert-OH is 2. The lowest BCUT2D eigenvalue weighted by molar-refractivity contribution is -0.136. The summed E-state index contributed by atoms with van der Waals surface area (Å²) in [6.45, 7) is 2.67. The number of ether oxygens (including phenoxy) is 1. The van der Waals surface area contributed by atoms with Gasteiger partial charge in [0.15, 0.2) is 0 Å². The van der Waals surface area contributed by atoms with E-state index < -0.39 is 12.2 Å². The number of carbonyl (C=O) groups excluding carboxylic acids is 2. The summed E-state index contributed by atoms with van der Waals surface area (Å²) in [6, 6.07) is 0. The second-order valence-corrected chi connectivity index (χ2v) is 8.29. The van der Waals surface area contributed by atoms with E-state index in [0.717, 1.165) is 5.75 Å². The third-order valence-electron chi connectivity index (χ3n) is 5.47. The molecule has 5 atom stereocenters. The molecule has 3 rings (SSSR count). The molecule has 0 aromatic carbocycles. The monoisotopic (exact) mass is 372 g/mol. The van der Waals surface area contributed by atoms with Crippen LogP contribution in [0.4, 0.5) is 0 Å². The van der Waals surface area contributed by atoms with Crippen LogP contribution in [0.2, 0.25) is 0 Å². The molecule has 0 aromatic rings. The summed E-state index contributed by atoms with van der Waals surface area (Å²) in [5, 5.41) is 20.2. The first kappa shape index (κ1) is 18.9. The van der Waals surface area contributed by atoms with Crippen LogP contribution in [0.3, 0.4) is 0 Å². The number of aliphatic hydroxyl groups is 2. The molecule has 0 radical (unpaired) electrons. The predicted octanol–water partition coefficient (Wildman–Crippen LogP) is -0.585. The normalized spacial score (nSPS) is 32.9. The second-order valence-electron chi connectivity index (χ2n) is 7.31. The molecule has 2 N–H and O–H groups in total. The summed E-state index contributed by atoms with van der Waals surface area (Å²) < 4.78 is 5.34. The van der Waals surface area contributed by atoms with Gasteiger partial charge in [-0.25, -0.2) is 0 Å². The van der Waals surface area contributed by atoms with E-state index in [9.17, 15) is 19.8 Å². The lowest BCUT2D eigenvalue weighted by Crippen LogP contribution is -2.39. The van der Waals surface area contributed by atoms with Gasteiger partial charge in [0, 0.05) is 32.1 Å². The highest BCUT2D eigenvalue weighted by molar-refractivity contribution is 7.98. The Balaban J connectivity index is 1.50. The molecule has 7 nitrogen and oxygen atoms in total. The molecule has 142 valence electrons. The zero-order valence-electron chi connectivity index (χ0n) is 14.7. The third kappa shape index (κ3) is 4.48. The number of carbonyl (C=O) groups is 2. The standard InChI is InChI=1S/C17H28N2O5S/c1-25-5-2-11(20)6-15(22)18-3-4-19(8-12(21)7-18)17(23)16-13-9-24-10-14(13)16/h11-14,16,20-21H,2-10H2,1H3/t11-,12?,13-,14+,16?/m0/s1. The zero-order valence-corrected chi connectivity index (χ0v) is 15.5. The maximum atomic E-state index is 12.7. The lowest BCUT2D eigenvalue weighted by atomic mass is 10.2. The van der Waals surface area contributed by atoms with Crippen molar-refractivity contribution in [2.75, 3.05) is 51.4 Å². The smallest absolute Gasteiger partial charge is 0.226 e. The fraction of sp³-hybridized carbons (Fsp3) is 0.882. The van der Waals surface area contributed by atoms with Crippen LogP contribution in [0.1, 0.15) is 12.8 Å². The van der Waals surface area contributed by atoms with Gasteiger partial charge in [-0.3, -0.25) is 9.59 Å². The number of hydrogen-bond donors (Lipinski definition) is 2. The van der Waals surface area contributed by atoms with Crippen molar-refractivity contribution < 1.29 is 24.5 Å². The molecule has 2 heterocycles. The SMILES string of the molecule is CSCC[C@H](O)CC(=O)N1CCN(C(=O)C2[C@H]3COC[C@@H]23)CC(O)C1. The van der Waals surface area contributed by atoms with Crippen molar-refractivity contribution in [3.05, 3.63) is 0 Å². The van der Waals surface area contributed by atoms with Crippen molar-refractivity contribution >= 4 is 23.6 Å². The Morgan fingerprint density at radius 3 is 2.52 bits per heavy atom. The number of hydrogen-bond acceptors (Lipinski definition) is 6. The number of fused-ring (bicyclic) bond motifs is 1. The molecule has 2 aliphatic heterocycles. The minimum atomic E-state index is -0.742. The summed E-state index contributed by atoms with van der Waals surface area (Å²) in [5.41, 5.74) is 0. The van der Waals surface area contributed by atoms with Crippen LogP contribution in [0.5, 0.6) is 0 Å². The average Bonchev–Trinajstić information content (AvgIpc) is 3.14. The molecule has 2 unspecified atom stereocenters. The van der Waals surface area contributed by atoms with Crippen LogP contribution in [-0.2, 0) is 14.3 Å². The molecular formula is C17H28N2O5S. The highest BCUT2D eigenvalue weighted by atomic mass is 32.2. The Labute approximate surface area is 152 Å². The maximum Gasteiger partial charge on any atom is 0.226 e. The Morgan fingerprint density at radius 1 is 1.20 bits per heavy atom. The van der Waals surface area contributed by atoms with Crippen LogP contribution in [0, 0.1) is 17.8 Å². The summed E-state index contributed by atoms with van der Waals surface area (Å²) in [4.78, 5) is 28.3. The van der Waals surface area contributed by atoms with E-state index in [1.807, 2.05) is 6.26 Å². The number of nitrogens with zero attached hydrogens (tertiary/aromatic N) is 2. The third-order valence-corrected chi connectivity index (χ3v) is 6.11. The minimum Gasteiger partial charge on any atom is -0.393 e. The molecular weight excluding hydrogens is 344 g/mol. The van der Waals surface area contributed by atoms with Crippen LogP contribution < -0.4 is 0 Å². The number of rotatable bonds is 6. The maximum absolute atomic E-state index is 12.7. The summed E-state index contributed by atoms with van der Waals surface area (Å²) in [7, 11) is 0. The van der Waals surface area contributed by atoms with E-state index in [4.69, 9.17) is 4.74 Å². The van der Waals surface area contributed by atoms with Crippen LogP contribution >= 0.6 is 11.8 Å². The number of amides is 2. The quantitative estimate of drug-likeness (QED) is 0.648. The van der Waals surface area contributed by atoms with Gasteiger partial charge in [0.05, 0.1) is 31.8 Å². The highest BCUT2D eigenvalue weighted by Crippen LogP contribution is 2.51. The van der Waals surface area contributed by atoms with Crippen LogP contribution in [-0.4, -0.2) is 95.4 Å². The number of β-amino-alcohol motifs (C(OH)–C–C–N with tert-alkyl or cyclic N) is 1. The summed E-state index contributed by atoms with van der Waals surface area (Å²) in [5.74, 6) is 1.48. The molecule has 3 fully saturated rings. The predicted molar refractivity (Wildman–Crippen MR) is 94.1 cm³/mol. The molecule has 0 spiro atoms. The minimum absolute atomic E-state index is 0.0385. The highest BCUT2D eigenvalue weighted by Gasteiger charge is 2.59. The molecule has 0 aromatic heterocycles. The first-order valence-electron chi connectivity index (χ1n) is 9.00. The van der Waals surface area contributed by atoms with Crippen molar-refractivity contribution in [2.45, 2.75) is 25.0 Å². The molecule has 1 saturated carbocycles. The molecule has 2 amide bonds. The van der Waals surface area contributed by atoms with E-state index in [-0.39, 0.29) is 37.2 Å². The van der Waals surface area contributed by atoms with Gasteiger partial charge < -0.3 is 24.7 Å². The first-order valence-corrected chi connectivity index (χ1v) is 10.4. The van der Waals surface area contributed by atoms with Crippen LogP contribution in [0.25, 0.3) is 0 Å². The summed E-state index contributed by atoms with van der Waals surface area (Å²) >= 11 is 1.64. The zero-order chi connectivity index (χ0) is 18.0. The van der Waals surface area contributed by atoms with Gasteiger partial charge in [-0.05, 0) is 30.3 Å². The lowest BCUT2D eigenvalue weighted by Gasteiger charge is -2.23.